The molecule has 1 heterocycles. The smallest absolute Gasteiger partial charge is 0.343 e. The molecule has 0 aliphatic carbocycles. The second-order valence-electron chi connectivity index (χ2n) is 6.83. The highest BCUT2D eigenvalue weighted by atomic mass is 79.9. The fourth-order valence-electron chi connectivity index (χ4n) is 3.01. The van der Waals surface area contributed by atoms with Gasteiger partial charge in [0.15, 0.2) is 0 Å². The van der Waals surface area contributed by atoms with Gasteiger partial charge in [-0.05, 0) is 65.9 Å². The Kier molecular flexibility index (Phi) is 6.93. The Bertz CT molecular complexity index is 1230. The van der Waals surface area contributed by atoms with Crippen LogP contribution in [-0.2, 0) is 11.3 Å². The first-order valence-electron chi connectivity index (χ1n) is 9.47. The Hall–Kier alpha value is -2.68. The van der Waals surface area contributed by atoms with E-state index < -0.39 is 5.97 Å². The third kappa shape index (κ3) is 5.20. The first-order valence-corrected chi connectivity index (χ1v) is 11.9. The molecule has 160 valence electrons. The Labute approximate surface area is 205 Å². The Balaban J connectivity index is 1.58. The first-order chi connectivity index (χ1) is 15.4. The summed E-state index contributed by atoms with van der Waals surface area (Å²) in [5.41, 5.74) is 1.77. The van der Waals surface area contributed by atoms with E-state index in [0.29, 0.717) is 16.9 Å². The summed E-state index contributed by atoms with van der Waals surface area (Å²) in [6.07, 6.45) is 1.57. The van der Waals surface area contributed by atoms with Crippen molar-refractivity contribution in [2.24, 2.45) is 0 Å². The summed E-state index contributed by atoms with van der Waals surface area (Å²) in [6, 6.07) is 21.2. The van der Waals surface area contributed by atoms with Crippen molar-refractivity contribution in [1.29, 1.82) is 0 Å². The van der Waals surface area contributed by atoms with Gasteiger partial charge in [-0.15, -0.1) is 0 Å². The molecule has 32 heavy (non-hydrogen) atoms. The monoisotopic (exact) mass is 571 g/mol. The van der Waals surface area contributed by atoms with Crippen LogP contribution in [0.4, 0.5) is 4.79 Å². The molecule has 4 rings (SSSR count). The zero-order chi connectivity index (χ0) is 22.7. The molecule has 2 amide bonds. The molecule has 1 fully saturated rings. The van der Waals surface area contributed by atoms with E-state index in [1.54, 1.807) is 48.5 Å². The van der Waals surface area contributed by atoms with Gasteiger partial charge >= 0.3 is 5.97 Å². The predicted octanol–water partition coefficient (Wildman–Crippen LogP) is 6.67. The van der Waals surface area contributed by atoms with E-state index >= 15 is 0 Å². The van der Waals surface area contributed by atoms with E-state index in [-0.39, 0.29) is 22.6 Å². The van der Waals surface area contributed by atoms with Gasteiger partial charge in [-0.1, -0.05) is 62.2 Å². The van der Waals surface area contributed by atoms with E-state index in [0.717, 1.165) is 26.3 Å². The highest BCUT2D eigenvalue weighted by molar-refractivity contribution is 9.10. The molecule has 0 radical (unpaired) electrons. The molecule has 1 aliphatic rings. The molecule has 0 aromatic heterocycles. The van der Waals surface area contributed by atoms with Crippen molar-refractivity contribution < 1.29 is 19.1 Å². The van der Waals surface area contributed by atoms with Gasteiger partial charge in [-0.3, -0.25) is 14.5 Å². The van der Waals surface area contributed by atoms with Crippen LogP contribution in [0, 0.1) is 0 Å². The number of rotatable bonds is 5. The van der Waals surface area contributed by atoms with E-state index in [1.807, 2.05) is 30.3 Å². The molecular formula is C24H15Br2NO4S. The Morgan fingerprint density at radius 2 is 1.62 bits per heavy atom. The van der Waals surface area contributed by atoms with Crippen LogP contribution in [0.15, 0.2) is 86.6 Å². The highest BCUT2D eigenvalue weighted by Crippen LogP contribution is 2.36. The summed E-state index contributed by atoms with van der Waals surface area (Å²) in [5, 5.41) is -0.345. The van der Waals surface area contributed by atoms with Crippen LogP contribution < -0.4 is 4.74 Å². The van der Waals surface area contributed by atoms with Crippen molar-refractivity contribution in [3.05, 3.63) is 103 Å². The molecule has 3 aromatic carbocycles. The van der Waals surface area contributed by atoms with Crippen LogP contribution >= 0.6 is 43.6 Å². The van der Waals surface area contributed by atoms with Gasteiger partial charge in [-0.2, -0.15) is 0 Å². The lowest BCUT2D eigenvalue weighted by atomic mass is 10.1. The lowest BCUT2D eigenvalue weighted by molar-refractivity contribution is -0.123. The minimum absolute atomic E-state index is 0.184. The number of carbonyl (C=O) groups excluding carboxylic acids is 3. The molecule has 1 saturated heterocycles. The number of benzene rings is 3. The first kappa shape index (κ1) is 22.5. The zero-order valence-corrected chi connectivity index (χ0v) is 20.4. The molecule has 0 bridgehead atoms. The minimum Gasteiger partial charge on any atom is -0.422 e. The lowest BCUT2D eigenvalue weighted by Gasteiger charge is -2.12. The third-order valence-corrected chi connectivity index (χ3v) is 6.53. The van der Waals surface area contributed by atoms with E-state index in [1.165, 1.54) is 4.90 Å². The summed E-state index contributed by atoms with van der Waals surface area (Å²) in [4.78, 5) is 39.4. The zero-order valence-electron chi connectivity index (χ0n) is 16.5. The summed E-state index contributed by atoms with van der Waals surface area (Å²) < 4.78 is 7.23. The Morgan fingerprint density at radius 1 is 0.938 bits per heavy atom. The largest absolute Gasteiger partial charge is 0.422 e. The number of carbonyl (C=O) groups is 3. The summed E-state index contributed by atoms with van der Waals surface area (Å²) in [5.74, 6) is -0.601. The molecule has 8 heteroatoms. The molecule has 5 nitrogen and oxygen atoms in total. The van der Waals surface area contributed by atoms with Crippen molar-refractivity contribution in [2.45, 2.75) is 6.54 Å². The van der Waals surface area contributed by atoms with Gasteiger partial charge in [-0.25, -0.2) is 4.79 Å². The summed E-state index contributed by atoms with van der Waals surface area (Å²) in [6.45, 7) is 0.184. The van der Waals surface area contributed by atoms with Gasteiger partial charge in [0, 0.05) is 14.5 Å². The maximum absolute atomic E-state index is 12.9. The number of imide groups is 1. The predicted molar refractivity (Wildman–Crippen MR) is 131 cm³/mol. The van der Waals surface area contributed by atoms with Gasteiger partial charge in [0.1, 0.15) is 5.75 Å². The molecule has 0 N–H and O–H groups in total. The number of esters is 1. The second-order valence-corrected chi connectivity index (χ2v) is 9.66. The number of hydrogen-bond donors (Lipinski definition) is 0. The van der Waals surface area contributed by atoms with Crippen LogP contribution in [0.25, 0.3) is 6.08 Å². The SMILES string of the molecule is O=C(Oc1ccc(Br)cc1/C=C1\SC(=O)N(Cc2ccc(Br)cc2)C1=O)c1ccccc1. The van der Waals surface area contributed by atoms with E-state index in [9.17, 15) is 14.4 Å². The van der Waals surface area contributed by atoms with Crippen LogP contribution in [0.2, 0.25) is 0 Å². The second kappa shape index (κ2) is 9.85. The van der Waals surface area contributed by atoms with Gasteiger partial charge in [0.05, 0.1) is 17.0 Å². The van der Waals surface area contributed by atoms with Gasteiger partial charge in [0.2, 0.25) is 0 Å². The molecule has 0 spiro atoms. The van der Waals surface area contributed by atoms with Crippen LogP contribution in [0.1, 0.15) is 21.5 Å². The third-order valence-electron chi connectivity index (χ3n) is 4.60. The number of amides is 2. The molecule has 1 aliphatic heterocycles. The quantitative estimate of drug-likeness (QED) is 0.194. The molecule has 0 saturated carbocycles. The minimum atomic E-state index is -0.508. The fourth-order valence-corrected chi connectivity index (χ4v) is 4.48. The average molecular weight is 573 g/mol. The van der Waals surface area contributed by atoms with Crippen molar-refractivity contribution >= 4 is 66.8 Å². The molecular weight excluding hydrogens is 558 g/mol. The lowest BCUT2D eigenvalue weighted by Crippen LogP contribution is -2.27. The van der Waals surface area contributed by atoms with Crippen molar-refractivity contribution in [3.63, 3.8) is 0 Å². The number of ether oxygens (including phenoxy) is 1. The summed E-state index contributed by atoms with van der Waals surface area (Å²) in [7, 11) is 0. The van der Waals surface area contributed by atoms with Gasteiger partial charge in [0.25, 0.3) is 11.1 Å². The topological polar surface area (TPSA) is 63.7 Å². The van der Waals surface area contributed by atoms with Crippen molar-refractivity contribution in [2.75, 3.05) is 0 Å². The average Bonchev–Trinajstić information content (AvgIpc) is 3.05. The molecule has 0 unspecified atom stereocenters. The highest BCUT2D eigenvalue weighted by Gasteiger charge is 2.35. The fraction of sp³-hybridized carbons (Fsp3) is 0.0417. The number of hydrogen-bond acceptors (Lipinski definition) is 5. The maximum Gasteiger partial charge on any atom is 0.343 e. The standard InChI is InChI=1S/C24H15Br2NO4S/c25-18-8-6-15(7-9-18)14-27-22(28)21(32-24(27)30)13-17-12-19(26)10-11-20(17)31-23(29)16-4-2-1-3-5-16/h1-13H,14H2/b21-13-. The molecule has 0 atom stereocenters. The van der Waals surface area contributed by atoms with E-state index in [4.69, 9.17) is 4.74 Å². The van der Waals surface area contributed by atoms with Crippen molar-refractivity contribution in [1.82, 2.24) is 4.90 Å². The molecule has 3 aromatic rings. The van der Waals surface area contributed by atoms with Crippen LogP contribution in [0.5, 0.6) is 5.75 Å². The van der Waals surface area contributed by atoms with Crippen molar-refractivity contribution in [3.8, 4) is 5.75 Å². The maximum atomic E-state index is 12.9. The number of nitrogens with zero attached hydrogens (tertiary/aromatic N) is 1. The van der Waals surface area contributed by atoms with E-state index in [2.05, 4.69) is 31.9 Å². The van der Waals surface area contributed by atoms with Crippen LogP contribution in [-0.4, -0.2) is 22.0 Å². The normalized spacial score (nSPS) is 14.8. The summed E-state index contributed by atoms with van der Waals surface area (Å²) >= 11 is 7.64. The van der Waals surface area contributed by atoms with Gasteiger partial charge < -0.3 is 4.74 Å². The number of halogens is 2. The number of thioether (sulfide) groups is 1. The Morgan fingerprint density at radius 3 is 2.34 bits per heavy atom. The van der Waals surface area contributed by atoms with Crippen LogP contribution in [0.3, 0.4) is 0 Å².